The van der Waals surface area contributed by atoms with E-state index < -0.39 is 5.82 Å². The maximum atomic E-state index is 12.6. The largest absolute Gasteiger partial charge is 0.426 e. The molecule has 0 spiro atoms. The van der Waals surface area contributed by atoms with Crippen LogP contribution in [0.25, 0.3) is 0 Å². The number of hydrogen-bond acceptors (Lipinski definition) is 2. The molecule has 0 heterocycles. The van der Waals surface area contributed by atoms with Gasteiger partial charge in [-0.15, -0.1) is 0 Å². The van der Waals surface area contributed by atoms with E-state index in [9.17, 15) is 9.18 Å². The monoisotopic (exact) mass is 174 g/mol. The normalized spacial score (nSPS) is 9.27. The molecule has 0 aliphatic heterocycles. The predicted molar refractivity (Wildman–Crippen MR) is 38.1 cm³/mol. The lowest BCUT2D eigenvalue weighted by Gasteiger charge is -1.98. The summed E-state index contributed by atoms with van der Waals surface area (Å²) >= 11 is 5.49. The molecule has 0 saturated carbocycles. The van der Waals surface area contributed by atoms with Gasteiger partial charge in [0.25, 0.3) is 6.47 Å². The Kier molecular flexibility index (Phi) is 2.44. The molecule has 0 unspecified atom stereocenters. The smallest absolute Gasteiger partial charge is 0.298 e. The summed E-state index contributed by atoms with van der Waals surface area (Å²) in [5.74, 6) is -0.769. The van der Waals surface area contributed by atoms with Crippen LogP contribution in [-0.4, -0.2) is 6.47 Å². The third-order valence-corrected chi connectivity index (χ3v) is 1.30. The van der Waals surface area contributed by atoms with Gasteiger partial charge in [-0.1, -0.05) is 11.6 Å². The van der Waals surface area contributed by atoms with Gasteiger partial charge in [0, 0.05) is 11.1 Å². The minimum atomic E-state index is -0.610. The van der Waals surface area contributed by atoms with Gasteiger partial charge < -0.3 is 4.74 Å². The molecular formula is C7H4ClFO2. The van der Waals surface area contributed by atoms with Crippen LogP contribution in [0.15, 0.2) is 18.2 Å². The molecule has 0 radical (unpaired) electrons. The molecule has 1 aromatic rings. The third-order valence-electron chi connectivity index (χ3n) is 1.07. The molecule has 1 aromatic carbocycles. The molecule has 0 saturated heterocycles. The van der Waals surface area contributed by atoms with E-state index in [1.165, 1.54) is 12.1 Å². The first-order valence-electron chi connectivity index (χ1n) is 2.79. The van der Waals surface area contributed by atoms with Crippen molar-refractivity contribution in [1.82, 2.24) is 0 Å². The molecule has 0 aromatic heterocycles. The molecule has 0 aliphatic rings. The van der Waals surface area contributed by atoms with Crippen molar-refractivity contribution in [3.63, 3.8) is 0 Å². The Bertz CT molecular complexity index is 275. The van der Waals surface area contributed by atoms with Crippen molar-refractivity contribution in [1.29, 1.82) is 0 Å². The van der Waals surface area contributed by atoms with Crippen molar-refractivity contribution < 1.29 is 13.9 Å². The zero-order valence-electron chi connectivity index (χ0n) is 5.38. The van der Waals surface area contributed by atoms with Crippen molar-refractivity contribution in [2.45, 2.75) is 0 Å². The van der Waals surface area contributed by atoms with E-state index in [1.54, 1.807) is 0 Å². The minimum Gasteiger partial charge on any atom is -0.426 e. The number of carbonyl (C=O) groups excluding carboxylic acids is 1. The summed E-state index contributed by atoms with van der Waals surface area (Å²) in [6.07, 6.45) is 0. The number of hydrogen-bond donors (Lipinski definition) is 0. The molecule has 0 fully saturated rings. The first kappa shape index (κ1) is 8.01. The average molecular weight is 175 g/mol. The van der Waals surface area contributed by atoms with Gasteiger partial charge in [0.1, 0.15) is 0 Å². The highest BCUT2D eigenvalue weighted by Crippen LogP contribution is 2.20. The summed E-state index contributed by atoms with van der Waals surface area (Å²) in [5, 5.41) is 0.322. The van der Waals surface area contributed by atoms with Crippen LogP contribution < -0.4 is 4.74 Å². The average Bonchev–Trinajstić information content (AvgIpc) is 1.98. The fraction of sp³-hybridized carbons (Fsp3) is 0. The molecular weight excluding hydrogens is 171 g/mol. The van der Waals surface area contributed by atoms with Crippen molar-refractivity contribution in [2.24, 2.45) is 0 Å². The maximum absolute atomic E-state index is 12.6. The number of halogens is 2. The Balaban J connectivity index is 3.01. The fourth-order valence-corrected chi connectivity index (χ4v) is 0.781. The second kappa shape index (κ2) is 3.34. The second-order valence-corrected chi connectivity index (χ2v) is 2.23. The van der Waals surface area contributed by atoms with Crippen LogP contribution >= 0.6 is 11.6 Å². The highest BCUT2D eigenvalue weighted by molar-refractivity contribution is 6.30. The SMILES string of the molecule is O=COc1cc(Cl)ccc1F. The molecule has 1 rings (SSSR count). The number of rotatable bonds is 2. The molecule has 4 heteroatoms. The maximum Gasteiger partial charge on any atom is 0.298 e. The van der Waals surface area contributed by atoms with Gasteiger partial charge in [-0.3, -0.25) is 4.79 Å². The number of benzene rings is 1. The molecule has 58 valence electrons. The third kappa shape index (κ3) is 1.91. The summed E-state index contributed by atoms with van der Waals surface area (Å²) in [6, 6.07) is 3.72. The van der Waals surface area contributed by atoms with E-state index >= 15 is 0 Å². The van der Waals surface area contributed by atoms with Crippen LogP contribution in [-0.2, 0) is 4.79 Å². The zero-order chi connectivity index (χ0) is 8.27. The predicted octanol–water partition coefficient (Wildman–Crippen LogP) is 2.01. The molecule has 2 nitrogen and oxygen atoms in total. The first-order chi connectivity index (χ1) is 5.24. The van der Waals surface area contributed by atoms with Gasteiger partial charge in [-0.05, 0) is 12.1 Å². The van der Waals surface area contributed by atoms with Crippen LogP contribution in [0.3, 0.4) is 0 Å². The lowest BCUT2D eigenvalue weighted by molar-refractivity contribution is -0.120. The molecule has 0 atom stereocenters. The second-order valence-electron chi connectivity index (χ2n) is 1.79. The molecule has 0 aliphatic carbocycles. The topological polar surface area (TPSA) is 26.3 Å². The summed E-state index contributed by atoms with van der Waals surface area (Å²) in [5.41, 5.74) is 0. The first-order valence-corrected chi connectivity index (χ1v) is 3.17. The van der Waals surface area contributed by atoms with E-state index in [1.807, 2.05) is 0 Å². The quantitative estimate of drug-likeness (QED) is 0.642. The lowest BCUT2D eigenvalue weighted by atomic mass is 10.3. The fourth-order valence-electron chi connectivity index (χ4n) is 0.619. The summed E-state index contributed by atoms with van der Waals surface area (Å²) < 4.78 is 16.9. The molecule has 0 bridgehead atoms. The van der Waals surface area contributed by atoms with Crippen molar-refractivity contribution >= 4 is 18.1 Å². The Labute approximate surface area is 67.5 Å². The van der Waals surface area contributed by atoms with Gasteiger partial charge in [0.05, 0.1) is 0 Å². The highest BCUT2D eigenvalue weighted by Gasteiger charge is 2.02. The summed E-state index contributed by atoms with van der Waals surface area (Å²) in [7, 11) is 0. The zero-order valence-corrected chi connectivity index (χ0v) is 6.14. The van der Waals surface area contributed by atoms with Gasteiger partial charge in [-0.2, -0.15) is 0 Å². The van der Waals surface area contributed by atoms with Gasteiger partial charge >= 0.3 is 0 Å². The van der Waals surface area contributed by atoms with E-state index in [-0.39, 0.29) is 12.2 Å². The lowest BCUT2D eigenvalue weighted by Crippen LogP contribution is -1.91. The summed E-state index contributed by atoms with van der Waals surface area (Å²) in [4.78, 5) is 9.81. The van der Waals surface area contributed by atoms with Gasteiger partial charge in [0.2, 0.25) is 0 Å². The Hall–Kier alpha value is -1.09. The van der Waals surface area contributed by atoms with Crippen LogP contribution in [0, 0.1) is 5.82 Å². The van der Waals surface area contributed by atoms with Gasteiger partial charge in [-0.25, -0.2) is 4.39 Å². The molecule has 0 N–H and O–H groups in total. The van der Waals surface area contributed by atoms with Gasteiger partial charge in [0.15, 0.2) is 11.6 Å². The van der Waals surface area contributed by atoms with E-state index in [2.05, 4.69) is 4.74 Å². The van der Waals surface area contributed by atoms with Crippen LogP contribution in [0.5, 0.6) is 5.75 Å². The number of ether oxygens (including phenoxy) is 1. The Morgan fingerprint density at radius 1 is 1.55 bits per heavy atom. The van der Waals surface area contributed by atoms with Crippen LogP contribution in [0.1, 0.15) is 0 Å². The molecule has 11 heavy (non-hydrogen) atoms. The van der Waals surface area contributed by atoms with E-state index in [0.717, 1.165) is 6.07 Å². The number of carbonyl (C=O) groups is 1. The van der Waals surface area contributed by atoms with E-state index in [0.29, 0.717) is 5.02 Å². The Morgan fingerprint density at radius 3 is 2.91 bits per heavy atom. The summed E-state index contributed by atoms with van der Waals surface area (Å²) in [6.45, 7) is 0.148. The highest BCUT2D eigenvalue weighted by atomic mass is 35.5. The van der Waals surface area contributed by atoms with Crippen molar-refractivity contribution in [2.75, 3.05) is 0 Å². The Morgan fingerprint density at radius 2 is 2.27 bits per heavy atom. The minimum absolute atomic E-state index is 0.148. The van der Waals surface area contributed by atoms with Crippen molar-refractivity contribution in [3.8, 4) is 5.75 Å². The van der Waals surface area contributed by atoms with Crippen LogP contribution in [0.2, 0.25) is 5.02 Å². The standard InChI is InChI=1S/C7H4ClFO2/c8-5-1-2-6(9)7(3-5)11-4-10/h1-4H. The van der Waals surface area contributed by atoms with E-state index in [4.69, 9.17) is 11.6 Å². The van der Waals surface area contributed by atoms with Crippen LogP contribution in [0.4, 0.5) is 4.39 Å². The van der Waals surface area contributed by atoms with Crippen molar-refractivity contribution in [3.05, 3.63) is 29.0 Å². The molecule has 0 amide bonds.